The average molecular weight is 299 g/mol. The Morgan fingerprint density at radius 3 is 2.91 bits per heavy atom. The number of pyridine rings is 1. The van der Waals surface area contributed by atoms with Crippen LogP contribution in [0.25, 0.3) is 11.2 Å². The first-order chi connectivity index (χ1) is 10.8. The number of fused-ring (bicyclic) bond motifs is 1. The normalized spacial score (nSPS) is 24.3. The Bertz CT molecular complexity index is 644. The van der Waals surface area contributed by atoms with E-state index in [1.54, 1.807) is 0 Å². The number of hydrogen-bond acceptors (Lipinski definition) is 4. The summed E-state index contributed by atoms with van der Waals surface area (Å²) in [5, 5.41) is 3.46. The van der Waals surface area contributed by atoms with Gasteiger partial charge in [0.15, 0.2) is 5.65 Å². The highest BCUT2D eigenvalue weighted by Gasteiger charge is 2.27. The monoisotopic (exact) mass is 299 g/mol. The first kappa shape index (κ1) is 14.2. The molecule has 2 aromatic rings. The summed E-state index contributed by atoms with van der Waals surface area (Å²) < 4.78 is 2.45. The van der Waals surface area contributed by atoms with Crippen LogP contribution in [0.5, 0.6) is 0 Å². The third kappa shape index (κ3) is 2.52. The average Bonchev–Trinajstić information content (AvgIpc) is 3.12. The van der Waals surface area contributed by atoms with Crippen LogP contribution in [0.1, 0.15) is 37.5 Å². The summed E-state index contributed by atoms with van der Waals surface area (Å²) in [6, 6.07) is 5.27. The van der Waals surface area contributed by atoms with Crippen molar-refractivity contribution < 1.29 is 0 Å². The number of piperidine rings is 1. The van der Waals surface area contributed by atoms with Gasteiger partial charge < -0.3 is 14.8 Å². The molecule has 0 saturated carbocycles. The van der Waals surface area contributed by atoms with E-state index >= 15 is 0 Å². The fourth-order valence-electron chi connectivity index (χ4n) is 4.02. The van der Waals surface area contributed by atoms with Crippen LogP contribution in [0.3, 0.4) is 0 Å². The van der Waals surface area contributed by atoms with E-state index in [2.05, 4.69) is 32.9 Å². The summed E-state index contributed by atoms with van der Waals surface area (Å²) in [5.41, 5.74) is 2.13. The first-order valence-corrected chi connectivity index (χ1v) is 8.56. The number of likely N-dealkylation sites (N-methyl/N-ethyl adjacent to an activating group) is 1. The predicted molar refractivity (Wildman–Crippen MR) is 88.0 cm³/mol. The second-order valence-electron chi connectivity index (χ2n) is 6.71. The van der Waals surface area contributed by atoms with Gasteiger partial charge in [0.25, 0.3) is 0 Å². The van der Waals surface area contributed by atoms with Gasteiger partial charge in [0.2, 0.25) is 0 Å². The molecule has 2 saturated heterocycles. The molecule has 0 radical (unpaired) electrons. The minimum Gasteiger partial charge on any atom is -0.317 e. The lowest BCUT2D eigenvalue weighted by atomic mass is 10.1. The molecule has 118 valence electrons. The number of nitrogens with one attached hydrogen (secondary N) is 1. The molecule has 1 N–H and O–H groups in total. The van der Waals surface area contributed by atoms with Gasteiger partial charge in [0.05, 0.1) is 0 Å². The first-order valence-electron chi connectivity index (χ1n) is 8.56. The zero-order valence-corrected chi connectivity index (χ0v) is 13.3. The smallest absolute Gasteiger partial charge is 0.160 e. The maximum Gasteiger partial charge on any atom is 0.160 e. The lowest BCUT2D eigenvalue weighted by Crippen LogP contribution is -2.32. The molecular weight excluding hydrogens is 274 g/mol. The number of rotatable bonds is 3. The van der Waals surface area contributed by atoms with Crippen molar-refractivity contribution in [1.82, 2.24) is 24.8 Å². The van der Waals surface area contributed by atoms with Crippen LogP contribution in [-0.4, -0.2) is 52.2 Å². The zero-order valence-electron chi connectivity index (χ0n) is 13.3. The van der Waals surface area contributed by atoms with Gasteiger partial charge in [-0.25, -0.2) is 9.97 Å². The van der Waals surface area contributed by atoms with Crippen molar-refractivity contribution in [3.8, 4) is 0 Å². The molecule has 2 aromatic heterocycles. The molecule has 4 rings (SSSR count). The molecule has 2 aliphatic heterocycles. The molecule has 4 heterocycles. The standard InChI is InChI=1S/C17H25N5/c1-21-11-3-4-14(21)12-16-20-15-5-2-8-19-17(15)22(16)13-6-9-18-10-7-13/h2,5,8,13-14,18H,3-4,6-7,9-12H2,1H3. The second-order valence-corrected chi connectivity index (χ2v) is 6.71. The Balaban J connectivity index is 1.72. The minimum absolute atomic E-state index is 0.544. The van der Waals surface area contributed by atoms with Gasteiger partial charge in [-0.15, -0.1) is 0 Å². The van der Waals surface area contributed by atoms with Gasteiger partial charge in [-0.05, 0) is 64.5 Å². The van der Waals surface area contributed by atoms with Crippen molar-refractivity contribution in [2.24, 2.45) is 0 Å². The molecule has 1 atom stereocenters. The van der Waals surface area contributed by atoms with E-state index in [-0.39, 0.29) is 0 Å². The molecule has 0 spiro atoms. The highest BCUT2D eigenvalue weighted by molar-refractivity contribution is 5.71. The minimum atomic E-state index is 0.544. The summed E-state index contributed by atoms with van der Waals surface area (Å²) in [4.78, 5) is 12.1. The van der Waals surface area contributed by atoms with E-state index < -0.39 is 0 Å². The van der Waals surface area contributed by atoms with Crippen LogP contribution in [0.15, 0.2) is 18.3 Å². The van der Waals surface area contributed by atoms with Crippen LogP contribution < -0.4 is 5.32 Å². The maximum atomic E-state index is 4.94. The van der Waals surface area contributed by atoms with Gasteiger partial charge >= 0.3 is 0 Å². The van der Waals surface area contributed by atoms with Crippen LogP contribution in [0.2, 0.25) is 0 Å². The van der Waals surface area contributed by atoms with Gasteiger partial charge in [-0.2, -0.15) is 0 Å². The molecule has 2 aliphatic rings. The lowest BCUT2D eigenvalue weighted by molar-refractivity contribution is 0.296. The third-order valence-electron chi connectivity index (χ3n) is 5.29. The number of imidazole rings is 1. The molecule has 0 aliphatic carbocycles. The Hall–Kier alpha value is -1.46. The summed E-state index contributed by atoms with van der Waals surface area (Å²) in [5.74, 6) is 1.24. The highest BCUT2D eigenvalue weighted by Crippen LogP contribution is 2.28. The van der Waals surface area contributed by atoms with E-state index in [0.29, 0.717) is 12.1 Å². The van der Waals surface area contributed by atoms with Gasteiger partial charge in [-0.1, -0.05) is 0 Å². The molecule has 1 unspecified atom stereocenters. The maximum absolute atomic E-state index is 4.94. The molecule has 0 amide bonds. The summed E-state index contributed by atoms with van der Waals surface area (Å²) in [6.07, 6.45) is 7.90. The number of nitrogens with zero attached hydrogens (tertiary/aromatic N) is 4. The van der Waals surface area contributed by atoms with E-state index in [4.69, 9.17) is 4.98 Å². The molecule has 5 heteroatoms. The fourth-order valence-corrected chi connectivity index (χ4v) is 4.02. The molecular formula is C17H25N5. The van der Waals surface area contributed by atoms with E-state index in [9.17, 15) is 0 Å². The topological polar surface area (TPSA) is 46.0 Å². The fraction of sp³-hybridized carbons (Fsp3) is 0.647. The van der Waals surface area contributed by atoms with Gasteiger partial charge in [0.1, 0.15) is 11.3 Å². The number of likely N-dealkylation sites (tertiary alicyclic amines) is 1. The zero-order chi connectivity index (χ0) is 14.9. The molecule has 22 heavy (non-hydrogen) atoms. The Morgan fingerprint density at radius 1 is 1.27 bits per heavy atom. The van der Waals surface area contributed by atoms with Crippen molar-refractivity contribution in [3.05, 3.63) is 24.2 Å². The van der Waals surface area contributed by atoms with E-state index in [1.165, 1.54) is 38.1 Å². The highest BCUT2D eigenvalue weighted by atomic mass is 15.2. The predicted octanol–water partition coefficient (Wildman–Crippen LogP) is 1.99. The van der Waals surface area contributed by atoms with Crippen molar-refractivity contribution in [2.45, 2.75) is 44.2 Å². The molecule has 5 nitrogen and oxygen atoms in total. The Kier molecular flexibility index (Phi) is 3.84. The summed E-state index contributed by atoms with van der Waals surface area (Å²) >= 11 is 0. The van der Waals surface area contributed by atoms with Crippen LogP contribution in [0, 0.1) is 0 Å². The molecule has 0 aromatic carbocycles. The van der Waals surface area contributed by atoms with Gasteiger partial charge in [-0.3, -0.25) is 0 Å². The SMILES string of the molecule is CN1CCCC1Cc1nc2cccnc2n1C1CCNCC1. The molecule has 2 fully saturated rings. The second kappa shape index (κ2) is 5.97. The van der Waals surface area contributed by atoms with Gasteiger partial charge in [0, 0.05) is 24.7 Å². The lowest BCUT2D eigenvalue weighted by Gasteiger charge is -2.27. The Labute approximate surface area is 131 Å². The van der Waals surface area contributed by atoms with Crippen molar-refractivity contribution in [2.75, 3.05) is 26.7 Å². The Morgan fingerprint density at radius 2 is 2.14 bits per heavy atom. The summed E-state index contributed by atoms with van der Waals surface area (Å²) in [7, 11) is 2.24. The van der Waals surface area contributed by atoms with Crippen molar-refractivity contribution >= 4 is 11.2 Å². The number of aromatic nitrogens is 3. The van der Waals surface area contributed by atoms with Crippen LogP contribution >= 0.6 is 0 Å². The summed E-state index contributed by atoms with van der Waals surface area (Å²) in [6.45, 7) is 3.41. The third-order valence-corrected chi connectivity index (χ3v) is 5.29. The quantitative estimate of drug-likeness (QED) is 0.941. The van der Waals surface area contributed by atoms with Crippen molar-refractivity contribution in [1.29, 1.82) is 0 Å². The van der Waals surface area contributed by atoms with E-state index in [1.807, 2.05) is 12.3 Å². The van der Waals surface area contributed by atoms with Crippen LogP contribution in [-0.2, 0) is 6.42 Å². The number of hydrogen-bond donors (Lipinski definition) is 1. The van der Waals surface area contributed by atoms with Crippen LogP contribution in [0.4, 0.5) is 0 Å². The largest absolute Gasteiger partial charge is 0.317 e. The van der Waals surface area contributed by atoms with E-state index in [0.717, 1.165) is 30.7 Å². The molecule has 0 bridgehead atoms. The van der Waals surface area contributed by atoms with Crippen molar-refractivity contribution in [3.63, 3.8) is 0 Å².